The van der Waals surface area contributed by atoms with E-state index in [1.54, 1.807) is 47.4 Å². The zero-order chi connectivity index (χ0) is 27.5. The summed E-state index contributed by atoms with van der Waals surface area (Å²) in [5.74, 6) is 0.0182. The van der Waals surface area contributed by atoms with Crippen molar-refractivity contribution in [3.05, 3.63) is 128 Å². The van der Waals surface area contributed by atoms with Gasteiger partial charge in [0.25, 0.3) is 5.91 Å². The first-order valence-corrected chi connectivity index (χ1v) is 13.7. The third kappa shape index (κ3) is 6.19. The first kappa shape index (κ1) is 27.0. The van der Waals surface area contributed by atoms with E-state index in [4.69, 9.17) is 32.9 Å². The number of hydrogen-bond donors (Lipinski definition) is 0. The van der Waals surface area contributed by atoms with Gasteiger partial charge in [-0.1, -0.05) is 65.7 Å². The molecular weight excluding hydrogens is 554 g/mol. The maximum atomic E-state index is 14.0. The summed E-state index contributed by atoms with van der Waals surface area (Å²) in [5.41, 5.74) is 4.33. The van der Waals surface area contributed by atoms with E-state index >= 15 is 0 Å². The highest BCUT2D eigenvalue weighted by Gasteiger charge is 2.35. The fourth-order valence-electron chi connectivity index (χ4n) is 3.88. The number of ether oxygens (including phenoxy) is 1. The number of nitrogens with zero attached hydrogens (tertiary/aromatic N) is 2. The summed E-state index contributed by atoms with van der Waals surface area (Å²) in [4.78, 5) is 20.5. The number of benzene rings is 4. The molecule has 1 fully saturated rings. The number of aliphatic imine (C=N–C) groups is 1. The SMILES string of the molecule is Cc1ccc(N=C2S/C(=C\c3cccc(OCc4ccccc4F)c3)C(=O)N2c2ccc(C)c(Cl)c2)cc1Cl. The molecule has 0 aromatic heterocycles. The van der Waals surface area contributed by atoms with Crippen LogP contribution in [-0.4, -0.2) is 11.1 Å². The molecule has 0 spiro atoms. The molecule has 1 aliphatic heterocycles. The normalized spacial score (nSPS) is 15.4. The number of amides is 1. The van der Waals surface area contributed by atoms with E-state index in [0.717, 1.165) is 16.7 Å². The fraction of sp³-hybridized carbons (Fsp3) is 0.0968. The van der Waals surface area contributed by atoms with Crippen LogP contribution < -0.4 is 9.64 Å². The van der Waals surface area contributed by atoms with Crippen LogP contribution in [0.2, 0.25) is 10.0 Å². The smallest absolute Gasteiger partial charge is 0.271 e. The molecule has 4 aromatic rings. The van der Waals surface area contributed by atoms with E-state index in [0.29, 0.717) is 42.8 Å². The minimum Gasteiger partial charge on any atom is -0.489 e. The number of halogens is 3. The minimum absolute atomic E-state index is 0.0955. The summed E-state index contributed by atoms with van der Waals surface area (Å²) in [5, 5.41) is 1.64. The Labute approximate surface area is 240 Å². The van der Waals surface area contributed by atoms with Crippen molar-refractivity contribution in [3.63, 3.8) is 0 Å². The number of carbonyl (C=O) groups excluding carboxylic acids is 1. The Morgan fingerprint density at radius 2 is 1.67 bits per heavy atom. The maximum absolute atomic E-state index is 14.0. The van der Waals surface area contributed by atoms with Crippen molar-refractivity contribution in [2.24, 2.45) is 4.99 Å². The number of carbonyl (C=O) groups is 1. The molecule has 8 heteroatoms. The largest absolute Gasteiger partial charge is 0.489 e. The molecule has 39 heavy (non-hydrogen) atoms. The van der Waals surface area contributed by atoms with Gasteiger partial charge in [-0.15, -0.1) is 0 Å². The molecule has 1 heterocycles. The van der Waals surface area contributed by atoms with Crippen molar-refractivity contribution < 1.29 is 13.9 Å². The molecule has 0 N–H and O–H groups in total. The molecule has 196 valence electrons. The van der Waals surface area contributed by atoms with Crippen molar-refractivity contribution in [2.75, 3.05) is 4.90 Å². The van der Waals surface area contributed by atoms with Gasteiger partial charge in [-0.2, -0.15) is 0 Å². The third-order valence-corrected chi connectivity index (χ3v) is 7.89. The molecule has 4 aromatic carbocycles. The highest BCUT2D eigenvalue weighted by Crippen LogP contribution is 2.39. The molecule has 5 rings (SSSR count). The van der Waals surface area contributed by atoms with E-state index in [-0.39, 0.29) is 18.3 Å². The number of thioether (sulfide) groups is 1. The molecule has 0 radical (unpaired) electrons. The van der Waals surface area contributed by atoms with Gasteiger partial charge in [-0.05, 0) is 90.8 Å². The van der Waals surface area contributed by atoms with Gasteiger partial charge in [0, 0.05) is 15.6 Å². The molecule has 0 bridgehead atoms. The maximum Gasteiger partial charge on any atom is 0.271 e. The molecule has 1 aliphatic rings. The Balaban J connectivity index is 1.47. The van der Waals surface area contributed by atoms with Gasteiger partial charge >= 0.3 is 0 Å². The summed E-state index contributed by atoms with van der Waals surface area (Å²) >= 11 is 14.0. The number of hydrogen-bond acceptors (Lipinski definition) is 4. The van der Waals surface area contributed by atoms with Gasteiger partial charge in [0.15, 0.2) is 5.17 Å². The lowest BCUT2D eigenvalue weighted by molar-refractivity contribution is -0.113. The molecular formula is C31H23Cl2FN2O2S. The summed E-state index contributed by atoms with van der Waals surface area (Å²) in [6, 6.07) is 24.8. The molecule has 0 aliphatic carbocycles. The van der Waals surface area contributed by atoms with Gasteiger partial charge in [0.2, 0.25) is 0 Å². The standard InChI is InChI=1S/C31H23Cl2FN2O2S/c1-19-10-12-23(16-26(19)32)35-31-36(24-13-11-20(2)27(33)17-24)30(37)29(39-31)15-21-6-5-8-25(14-21)38-18-22-7-3-4-9-28(22)34/h3-17H,18H2,1-2H3/b29-15-,35-31?. The second-order valence-corrected chi connectivity index (χ2v) is 10.8. The number of anilines is 1. The monoisotopic (exact) mass is 576 g/mol. The second-order valence-electron chi connectivity index (χ2n) is 8.97. The lowest BCUT2D eigenvalue weighted by Gasteiger charge is -2.16. The summed E-state index contributed by atoms with van der Waals surface area (Å²) in [6.45, 7) is 3.92. The number of amidine groups is 1. The van der Waals surface area contributed by atoms with E-state index in [1.165, 1.54) is 17.8 Å². The van der Waals surface area contributed by atoms with Crippen molar-refractivity contribution in [1.82, 2.24) is 0 Å². The molecule has 1 amide bonds. The summed E-state index contributed by atoms with van der Waals surface area (Å²) < 4.78 is 19.8. The summed E-state index contributed by atoms with van der Waals surface area (Å²) in [7, 11) is 0. The average molecular weight is 578 g/mol. The fourth-order valence-corrected chi connectivity index (χ4v) is 5.23. The lowest BCUT2D eigenvalue weighted by Crippen LogP contribution is -2.28. The Morgan fingerprint density at radius 1 is 0.923 bits per heavy atom. The number of rotatable bonds is 6. The van der Waals surface area contributed by atoms with Gasteiger partial charge in [0.05, 0.1) is 16.3 Å². The Morgan fingerprint density at radius 3 is 2.41 bits per heavy atom. The topological polar surface area (TPSA) is 41.9 Å². The van der Waals surface area contributed by atoms with Crippen LogP contribution >= 0.6 is 35.0 Å². The molecule has 0 unspecified atom stereocenters. The minimum atomic E-state index is -0.318. The quantitative estimate of drug-likeness (QED) is 0.215. The molecule has 0 saturated carbocycles. The van der Waals surface area contributed by atoms with Gasteiger partial charge in [-0.25, -0.2) is 9.38 Å². The van der Waals surface area contributed by atoms with E-state index in [9.17, 15) is 9.18 Å². The Hall–Kier alpha value is -3.58. The van der Waals surface area contributed by atoms with Crippen LogP contribution in [0, 0.1) is 19.7 Å². The average Bonchev–Trinajstić information content (AvgIpc) is 3.21. The van der Waals surface area contributed by atoms with Gasteiger partial charge in [0.1, 0.15) is 18.2 Å². The lowest BCUT2D eigenvalue weighted by atomic mass is 10.2. The van der Waals surface area contributed by atoms with Gasteiger partial charge in [-0.3, -0.25) is 9.69 Å². The molecule has 4 nitrogen and oxygen atoms in total. The van der Waals surface area contributed by atoms with Crippen LogP contribution in [-0.2, 0) is 11.4 Å². The predicted molar refractivity (Wildman–Crippen MR) is 160 cm³/mol. The molecule has 0 atom stereocenters. The van der Waals surface area contributed by atoms with Crippen molar-refractivity contribution in [3.8, 4) is 5.75 Å². The van der Waals surface area contributed by atoms with Crippen LogP contribution in [0.4, 0.5) is 15.8 Å². The Kier molecular flexibility index (Phi) is 8.07. The van der Waals surface area contributed by atoms with E-state index in [1.807, 2.05) is 56.3 Å². The molecule has 1 saturated heterocycles. The third-order valence-electron chi connectivity index (χ3n) is 6.11. The number of aryl methyl sites for hydroxylation is 2. The first-order valence-electron chi connectivity index (χ1n) is 12.1. The van der Waals surface area contributed by atoms with Crippen LogP contribution in [0.1, 0.15) is 22.3 Å². The van der Waals surface area contributed by atoms with Crippen LogP contribution in [0.5, 0.6) is 5.75 Å². The van der Waals surface area contributed by atoms with Crippen LogP contribution in [0.25, 0.3) is 6.08 Å². The van der Waals surface area contributed by atoms with Crippen molar-refractivity contribution in [2.45, 2.75) is 20.5 Å². The second kappa shape index (κ2) is 11.7. The first-order chi connectivity index (χ1) is 18.8. The van der Waals surface area contributed by atoms with Crippen molar-refractivity contribution >= 4 is 63.5 Å². The van der Waals surface area contributed by atoms with E-state index in [2.05, 4.69) is 0 Å². The zero-order valence-electron chi connectivity index (χ0n) is 21.1. The highest BCUT2D eigenvalue weighted by molar-refractivity contribution is 8.19. The van der Waals surface area contributed by atoms with Crippen molar-refractivity contribution in [1.29, 1.82) is 0 Å². The summed E-state index contributed by atoms with van der Waals surface area (Å²) in [6.07, 6.45) is 1.79. The van der Waals surface area contributed by atoms with E-state index < -0.39 is 0 Å². The predicted octanol–water partition coefficient (Wildman–Crippen LogP) is 9.14. The zero-order valence-corrected chi connectivity index (χ0v) is 23.4. The van der Waals surface area contributed by atoms with Gasteiger partial charge < -0.3 is 4.74 Å². The van der Waals surface area contributed by atoms with Crippen LogP contribution in [0.15, 0.2) is 94.8 Å². The Bertz CT molecular complexity index is 1640. The van der Waals surface area contributed by atoms with Crippen LogP contribution in [0.3, 0.4) is 0 Å². The highest BCUT2D eigenvalue weighted by atomic mass is 35.5.